The van der Waals surface area contributed by atoms with Crippen LogP contribution in [0.5, 0.6) is 0 Å². The van der Waals surface area contributed by atoms with Gasteiger partial charge in [0.05, 0.1) is 0 Å². The van der Waals surface area contributed by atoms with Crippen LogP contribution in [0.1, 0.15) is 37.7 Å². The summed E-state index contributed by atoms with van der Waals surface area (Å²) in [4.78, 5) is 18.4. The Morgan fingerprint density at radius 3 is 2.65 bits per heavy atom. The molecule has 0 aliphatic heterocycles. The van der Waals surface area contributed by atoms with Gasteiger partial charge in [0, 0.05) is 31.5 Å². The zero-order valence-electron chi connectivity index (χ0n) is 12.8. The third kappa shape index (κ3) is 5.57. The summed E-state index contributed by atoms with van der Waals surface area (Å²) in [5.41, 5.74) is 1.40. The van der Waals surface area contributed by atoms with Crippen LogP contribution < -0.4 is 10.6 Å². The molecule has 5 nitrogen and oxygen atoms in total. The van der Waals surface area contributed by atoms with Gasteiger partial charge < -0.3 is 15.5 Å². The Labute approximate surface area is 121 Å². The SMILES string of the molecule is CCCNc1ccnc(C(=O)NCCN(CC)CC)c1. The first-order valence-electron chi connectivity index (χ1n) is 7.41. The summed E-state index contributed by atoms with van der Waals surface area (Å²) in [6, 6.07) is 3.67. The zero-order chi connectivity index (χ0) is 14.8. The van der Waals surface area contributed by atoms with E-state index in [1.807, 2.05) is 6.07 Å². The zero-order valence-corrected chi connectivity index (χ0v) is 12.8. The highest BCUT2D eigenvalue weighted by molar-refractivity contribution is 5.93. The number of hydrogen-bond acceptors (Lipinski definition) is 4. The Morgan fingerprint density at radius 2 is 2.00 bits per heavy atom. The highest BCUT2D eigenvalue weighted by atomic mass is 16.1. The fourth-order valence-electron chi connectivity index (χ4n) is 1.89. The molecular weight excluding hydrogens is 252 g/mol. The monoisotopic (exact) mass is 278 g/mol. The van der Waals surface area contributed by atoms with Gasteiger partial charge >= 0.3 is 0 Å². The Kier molecular flexibility index (Phi) is 7.65. The number of nitrogens with zero attached hydrogens (tertiary/aromatic N) is 2. The predicted octanol–water partition coefficient (Wildman–Crippen LogP) is 1.98. The third-order valence-electron chi connectivity index (χ3n) is 3.18. The number of pyridine rings is 1. The quantitative estimate of drug-likeness (QED) is 0.725. The maximum atomic E-state index is 12.0. The molecule has 0 fully saturated rings. The average Bonchev–Trinajstić information content (AvgIpc) is 2.49. The second kappa shape index (κ2) is 9.31. The van der Waals surface area contributed by atoms with Crippen LogP contribution in [0.2, 0.25) is 0 Å². The molecule has 1 aromatic rings. The number of anilines is 1. The van der Waals surface area contributed by atoms with Crippen molar-refractivity contribution in [3.8, 4) is 0 Å². The normalized spacial score (nSPS) is 10.6. The summed E-state index contributed by atoms with van der Waals surface area (Å²) in [6.45, 7) is 10.8. The molecule has 5 heteroatoms. The van der Waals surface area contributed by atoms with E-state index in [-0.39, 0.29) is 5.91 Å². The minimum absolute atomic E-state index is 0.114. The topological polar surface area (TPSA) is 57.3 Å². The van der Waals surface area contributed by atoms with Crippen LogP contribution in [0.4, 0.5) is 5.69 Å². The summed E-state index contributed by atoms with van der Waals surface area (Å²) in [7, 11) is 0. The number of amides is 1. The molecule has 0 aromatic carbocycles. The van der Waals surface area contributed by atoms with E-state index in [0.717, 1.165) is 38.3 Å². The van der Waals surface area contributed by atoms with Gasteiger partial charge in [0.25, 0.3) is 5.91 Å². The van der Waals surface area contributed by atoms with Crippen molar-refractivity contribution in [2.24, 2.45) is 0 Å². The van der Waals surface area contributed by atoms with E-state index >= 15 is 0 Å². The van der Waals surface area contributed by atoms with Crippen LogP contribution in [-0.4, -0.2) is 48.5 Å². The van der Waals surface area contributed by atoms with Crippen molar-refractivity contribution in [3.63, 3.8) is 0 Å². The van der Waals surface area contributed by atoms with Crippen molar-refractivity contribution in [2.45, 2.75) is 27.2 Å². The number of aromatic nitrogens is 1. The highest BCUT2D eigenvalue weighted by Crippen LogP contribution is 2.07. The largest absolute Gasteiger partial charge is 0.385 e. The number of rotatable bonds is 9. The molecule has 0 radical (unpaired) electrons. The molecule has 0 unspecified atom stereocenters. The molecule has 112 valence electrons. The molecule has 20 heavy (non-hydrogen) atoms. The minimum Gasteiger partial charge on any atom is -0.385 e. The van der Waals surface area contributed by atoms with E-state index in [4.69, 9.17) is 0 Å². The number of likely N-dealkylation sites (N-methyl/N-ethyl adjacent to an activating group) is 1. The first kappa shape index (κ1) is 16.4. The number of nitrogens with one attached hydrogen (secondary N) is 2. The molecule has 0 spiro atoms. The van der Waals surface area contributed by atoms with Gasteiger partial charge in [-0.15, -0.1) is 0 Å². The van der Waals surface area contributed by atoms with Crippen molar-refractivity contribution in [3.05, 3.63) is 24.0 Å². The van der Waals surface area contributed by atoms with Crippen LogP contribution in [0.15, 0.2) is 18.3 Å². The van der Waals surface area contributed by atoms with Gasteiger partial charge in [0.15, 0.2) is 0 Å². The van der Waals surface area contributed by atoms with E-state index < -0.39 is 0 Å². The second-order valence-corrected chi connectivity index (χ2v) is 4.64. The van der Waals surface area contributed by atoms with Gasteiger partial charge in [-0.05, 0) is 31.6 Å². The van der Waals surface area contributed by atoms with E-state index in [0.29, 0.717) is 12.2 Å². The minimum atomic E-state index is -0.114. The highest BCUT2D eigenvalue weighted by Gasteiger charge is 2.08. The van der Waals surface area contributed by atoms with Crippen molar-refractivity contribution in [1.29, 1.82) is 0 Å². The molecule has 2 N–H and O–H groups in total. The van der Waals surface area contributed by atoms with Crippen LogP contribution in [0.25, 0.3) is 0 Å². The summed E-state index contributed by atoms with van der Waals surface area (Å²) in [5.74, 6) is -0.114. The smallest absolute Gasteiger partial charge is 0.269 e. The molecule has 0 aliphatic rings. The average molecular weight is 278 g/mol. The lowest BCUT2D eigenvalue weighted by molar-refractivity contribution is 0.0944. The van der Waals surface area contributed by atoms with E-state index in [9.17, 15) is 4.79 Å². The van der Waals surface area contributed by atoms with Gasteiger partial charge in [-0.25, -0.2) is 0 Å². The first-order valence-corrected chi connectivity index (χ1v) is 7.41. The van der Waals surface area contributed by atoms with E-state index in [1.54, 1.807) is 12.3 Å². The van der Waals surface area contributed by atoms with Crippen molar-refractivity contribution < 1.29 is 4.79 Å². The number of carbonyl (C=O) groups is 1. The van der Waals surface area contributed by atoms with E-state index in [1.165, 1.54) is 0 Å². The molecule has 0 bridgehead atoms. The molecule has 0 aliphatic carbocycles. The van der Waals surface area contributed by atoms with Crippen molar-refractivity contribution in [2.75, 3.05) is 38.0 Å². The van der Waals surface area contributed by atoms with Crippen LogP contribution in [0.3, 0.4) is 0 Å². The third-order valence-corrected chi connectivity index (χ3v) is 3.18. The summed E-state index contributed by atoms with van der Waals surface area (Å²) < 4.78 is 0. The maximum absolute atomic E-state index is 12.0. The molecule has 1 aromatic heterocycles. The molecule has 1 rings (SSSR count). The molecule has 0 atom stereocenters. The lowest BCUT2D eigenvalue weighted by Gasteiger charge is -2.17. The second-order valence-electron chi connectivity index (χ2n) is 4.64. The Hall–Kier alpha value is -1.62. The summed E-state index contributed by atoms with van der Waals surface area (Å²) >= 11 is 0. The Morgan fingerprint density at radius 1 is 1.25 bits per heavy atom. The maximum Gasteiger partial charge on any atom is 0.269 e. The molecular formula is C15H26N4O. The molecule has 1 amide bonds. The first-order chi connectivity index (χ1) is 9.71. The van der Waals surface area contributed by atoms with Gasteiger partial charge in [-0.3, -0.25) is 9.78 Å². The van der Waals surface area contributed by atoms with Crippen molar-refractivity contribution in [1.82, 2.24) is 15.2 Å². The summed E-state index contributed by atoms with van der Waals surface area (Å²) in [5, 5.41) is 6.16. The Balaban J connectivity index is 2.46. The van der Waals surface area contributed by atoms with E-state index in [2.05, 4.69) is 41.3 Å². The van der Waals surface area contributed by atoms with Gasteiger partial charge in [0.1, 0.15) is 5.69 Å². The van der Waals surface area contributed by atoms with Crippen LogP contribution >= 0.6 is 0 Å². The number of carbonyl (C=O) groups excluding carboxylic acids is 1. The van der Waals surface area contributed by atoms with Gasteiger partial charge in [0.2, 0.25) is 0 Å². The van der Waals surface area contributed by atoms with Crippen LogP contribution in [0, 0.1) is 0 Å². The lowest BCUT2D eigenvalue weighted by Crippen LogP contribution is -2.35. The Bertz CT molecular complexity index is 405. The van der Waals surface area contributed by atoms with Gasteiger partial charge in [-0.1, -0.05) is 20.8 Å². The fourth-order valence-corrected chi connectivity index (χ4v) is 1.89. The van der Waals surface area contributed by atoms with Gasteiger partial charge in [-0.2, -0.15) is 0 Å². The summed E-state index contributed by atoms with van der Waals surface area (Å²) in [6.07, 6.45) is 2.71. The fraction of sp³-hybridized carbons (Fsp3) is 0.600. The predicted molar refractivity (Wildman–Crippen MR) is 83.1 cm³/mol. The lowest BCUT2D eigenvalue weighted by atomic mass is 10.3. The molecule has 0 saturated carbocycles. The van der Waals surface area contributed by atoms with Crippen LogP contribution in [-0.2, 0) is 0 Å². The number of hydrogen-bond donors (Lipinski definition) is 2. The molecule has 0 saturated heterocycles. The van der Waals surface area contributed by atoms with Crippen molar-refractivity contribution >= 4 is 11.6 Å². The molecule has 1 heterocycles. The standard InChI is InChI=1S/C15H26N4O/c1-4-8-16-13-7-9-17-14(12-13)15(20)18-10-11-19(5-2)6-3/h7,9,12H,4-6,8,10-11H2,1-3H3,(H,16,17)(H,18,20).